The first-order valence-electron chi connectivity index (χ1n) is 5.38. The average molecular weight is 221 g/mol. The standard InChI is InChI=1S/C13H19NO2/c1-9-5-7-11(8-6-9)16-13(3,4)12(15)10(2)14/h5-8,10H,14H2,1-4H3. The van der Waals surface area contributed by atoms with Crippen molar-refractivity contribution in [3.05, 3.63) is 29.8 Å². The van der Waals surface area contributed by atoms with Crippen LogP contribution in [-0.2, 0) is 4.79 Å². The van der Waals surface area contributed by atoms with Crippen molar-refractivity contribution in [1.29, 1.82) is 0 Å². The molecule has 16 heavy (non-hydrogen) atoms. The Kier molecular flexibility index (Phi) is 3.70. The number of nitrogens with two attached hydrogens (primary N) is 1. The van der Waals surface area contributed by atoms with E-state index in [1.54, 1.807) is 20.8 Å². The third-order valence-corrected chi connectivity index (χ3v) is 2.40. The lowest BCUT2D eigenvalue weighted by Gasteiger charge is -2.26. The summed E-state index contributed by atoms with van der Waals surface area (Å²) in [7, 11) is 0. The molecule has 0 aliphatic carbocycles. The van der Waals surface area contributed by atoms with Crippen molar-refractivity contribution in [2.45, 2.75) is 39.3 Å². The number of carbonyl (C=O) groups is 1. The number of rotatable bonds is 4. The molecule has 1 aromatic rings. The molecule has 0 radical (unpaired) electrons. The third-order valence-electron chi connectivity index (χ3n) is 2.40. The van der Waals surface area contributed by atoms with E-state index in [-0.39, 0.29) is 5.78 Å². The maximum absolute atomic E-state index is 11.8. The van der Waals surface area contributed by atoms with Gasteiger partial charge < -0.3 is 10.5 Å². The van der Waals surface area contributed by atoms with Gasteiger partial charge in [-0.25, -0.2) is 0 Å². The fourth-order valence-electron chi connectivity index (χ4n) is 1.50. The molecule has 0 spiro atoms. The number of hydrogen-bond acceptors (Lipinski definition) is 3. The Labute approximate surface area is 96.6 Å². The molecule has 0 amide bonds. The first kappa shape index (κ1) is 12.7. The summed E-state index contributed by atoms with van der Waals surface area (Å²) < 4.78 is 5.65. The van der Waals surface area contributed by atoms with Crippen LogP contribution in [0.25, 0.3) is 0 Å². The lowest BCUT2D eigenvalue weighted by molar-refractivity contribution is -0.132. The summed E-state index contributed by atoms with van der Waals surface area (Å²) in [6.45, 7) is 7.14. The minimum atomic E-state index is -0.885. The molecule has 88 valence electrons. The van der Waals surface area contributed by atoms with E-state index in [4.69, 9.17) is 10.5 Å². The minimum Gasteiger partial charge on any atom is -0.480 e. The Hall–Kier alpha value is -1.35. The predicted octanol–water partition coefficient (Wildman–Crippen LogP) is 2.07. The van der Waals surface area contributed by atoms with E-state index in [0.717, 1.165) is 5.56 Å². The van der Waals surface area contributed by atoms with Gasteiger partial charge in [-0.2, -0.15) is 0 Å². The first-order chi connectivity index (χ1) is 7.33. The van der Waals surface area contributed by atoms with Gasteiger partial charge in [0.1, 0.15) is 5.75 Å². The lowest BCUT2D eigenvalue weighted by atomic mass is 9.98. The van der Waals surface area contributed by atoms with E-state index in [9.17, 15) is 4.79 Å². The number of hydrogen-bond donors (Lipinski definition) is 1. The van der Waals surface area contributed by atoms with Crippen LogP contribution in [0, 0.1) is 6.92 Å². The molecule has 1 rings (SSSR count). The van der Waals surface area contributed by atoms with Crippen molar-refractivity contribution in [3.63, 3.8) is 0 Å². The maximum atomic E-state index is 11.8. The van der Waals surface area contributed by atoms with Crippen LogP contribution in [0.4, 0.5) is 0 Å². The molecule has 1 atom stereocenters. The minimum absolute atomic E-state index is 0.104. The van der Waals surface area contributed by atoms with E-state index in [1.807, 2.05) is 31.2 Å². The fourth-order valence-corrected chi connectivity index (χ4v) is 1.50. The normalized spacial score (nSPS) is 13.3. The van der Waals surface area contributed by atoms with Gasteiger partial charge in [-0.05, 0) is 39.8 Å². The van der Waals surface area contributed by atoms with Gasteiger partial charge in [0.15, 0.2) is 11.4 Å². The highest BCUT2D eigenvalue weighted by Crippen LogP contribution is 2.20. The van der Waals surface area contributed by atoms with Crippen LogP contribution in [0.3, 0.4) is 0 Å². The summed E-state index contributed by atoms with van der Waals surface area (Å²) in [6, 6.07) is 7.08. The molecule has 3 heteroatoms. The van der Waals surface area contributed by atoms with Crippen LogP contribution in [-0.4, -0.2) is 17.4 Å². The molecule has 3 nitrogen and oxygen atoms in total. The molecule has 2 N–H and O–H groups in total. The van der Waals surface area contributed by atoms with Crippen molar-refractivity contribution in [2.24, 2.45) is 5.73 Å². The maximum Gasteiger partial charge on any atom is 0.192 e. The molecule has 0 heterocycles. The average Bonchev–Trinajstić information content (AvgIpc) is 2.20. The topological polar surface area (TPSA) is 52.3 Å². The zero-order valence-corrected chi connectivity index (χ0v) is 10.3. The van der Waals surface area contributed by atoms with Crippen LogP contribution >= 0.6 is 0 Å². The quantitative estimate of drug-likeness (QED) is 0.846. The van der Waals surface area contributed by atoms with E-state index >= 15 is 0 Å². The van der Waals surface area contributed by atoms with Crippen molar-refractivity contribution in [2.75, 3.05) is 0 Å². The van der Waals surface area contributed by atoms with Gasteiger partial charge in [-0.15, -0.1) is 0 Å². The molecule has 1 unspecified atom stereocenters. The monoisotopic (exact) mass is 221 g/mol. The van der Waals surface area contributed by atoms with Crippen LogP contribution in [0.1, 0.15) is 26.3 Å². The summed E-state index contributed by atoms with van der Waals surface area (Å²) >= 11 is 0. The van der Waals surface area contributed by atoms with Gasteiger partial charge in [0.05, 0.1) is 6.04 Å². The summed E-state index contributed by atoms with van der Waals surface area (Å²) in [6.07, 6.45) is 0. The van der Waals surface area contributed by atoms with E-state index < -0.39 is 11.6 Å². The van der Waals surface area contributed by atoms with Crippen molar-refractivity contribution in [1.82, 2.24) is 0 Å². The molecule has 0 bridgehead atoms. The zero-order valence-electron chi connectivity index (χ0n) is 10.3. The van der Waals surface area contributed by atoms with E-state index in [0.29, 0.717) is 5.75 Å². The predicted molar refractivity (Wildman–Crippen MR) is 64.5 cm³/mol. The molecule has 1 aromatic carbocycles. The Morgan fingerprint density at radius 2 is 1.81 bits per heavy atom. The fraction of sp³-hybridized carbons (Fsp3) is 0.462. The number of Topliss-reactive ketones (excluding diaryl/α,β-unsaturated/α-hetero) is 1. The number of carbonyl (C=O) groups excluding carboxylic acids is 1. The molecule has 0 saturated carbocycles. The van der Waals surface area contributed by atoms with Crippen molar-refractivity contribution < 1.29 is 9.53 Å². The van der Waals surface area contributed by atoms with E-state index in [1.165, 1.54) is 0 Å². The van der Waals surface area contributed by atoms with Gasteiger partial charge in [0, 0.05) is 0 Å². The SMILES string of the molecule is Cc1ccc(OC(C)(C)C(=O)C(C)N)cc1. The summed E-state index contributed by atoms with van der Waals surface area (Å²) in [5.41, 5.74) is 5.84. The molecule has 0 saturated heterocycles. The molecule has 0 aromatic heterocycles. The molecule has 0 fully saturated rings. The molecular weight excluding hydrogens is 202 g/mol. The number of aryl methyl sites for hydroxylation is 1. The molecule has 0 aliphatic rings. The second kappa shape index (κ2) is 4.66. The zero-order chi connectivity index (χ0) is 12.3. The second-order valence-corrected chi connectivity index (χ2v) is 4.58. The van der Waals surface area contributed by atoms with E-state index in [2.05, 4.69) is 0 Å². The number of ketones is 1. The summed E-state index contributed by atoms with van der Waals surface area (Å²) in [5.74, 6) is 0.581. The summed E-state index contributed by atoms with van der Waals surface area (Å²) in [4.78, 5) is 11.8. The summed E-state index contributed by atoms with van der Waals surface area (Å²) in [5, 5.41) is 0. The van der Waals surface area contributed by atoms with Gasteiger partial charge in [-0.1, -0.05) is 17.7 Å². The van der Waals surface area contributed by atoms with Gasteiger partial charge in [0.25, 0.3) is 0 Å². The third kappa shape index (κ3) is 3.07. The Morgan fingerprint density at radius 3 is 2.25 bits per heavy atom. The largest absolute Gasteiger partial charge is 0.480 e. The van der Waals surface area contributed by atoms with Crippen LogP contribution < -0.4 is 10.5 Å². The van der Waals surface area contributed by atoms with Crippen LogP contribution in [0.5, 0.6) is 5.75 Å². The van der Waals surface area contributed by atoms with Crippen LogP contribution in [0.15, 0.2) is 24.3 Å². The Balaban J connectivity index is 2.80. The molecule has 0 aliphatic heterocycles. The lowest BCUT2D eigenvalue weighted by Crippen LogP contribution is -2.47. The number of benzene rings is 1. The van der Waals surface area contributed by atoms with Crippen molar-refractivity contribution in [3.8, 4) is 5.75 Å². The Bertz CT molecular complexity index is 366. The van der Waals surface area contributed by atoms with Gasteiger partial charge in [-0.3, -0.25) is 4.79 Å². The van der Waals surface area contributed by atoms with Gasteiger partial charge >= 0.3 is 0 Å². The smallest absolute Gasteiger partial charge is 0.192 e. The van der Waals surface area contributed by atoms with Crippen LogP contribution in [0.2, 0.25) is 0 Å². The highest BCUT2D eigenvalue weighted by atomic mass is 16.5. The highest BCUT2D eigenvalue weighted by Gasteiger charge is 2.31. The first-order valence-corrected chi connectivity index (χ1v) is 5.38. The number of ether oxygens (including phenoxy) is 1. The molecular formula is C13H19NO2. The highest BCUT2D eigenvalue weighted by molar-refractivity contribution is 5.91. The Morgan fingerprint density at radius 1 is 1.31 bits per heavy atom. The van der Waals surface area contributed by atoms with Crippen molar-refractivity contribution >= 4 is 5.78 Å². The second-order valence-electron chi connectivity index (χ2n) is 4.58. The van der Waals surface area contributed by atoms with Gasteiger partial charge in [0.2, 0.25) is 0 Å².